The minimum atomic E-state index is -0.517. The quantitative estimate of drug-likeness (QED) is 0.252. The number of nitrogens with zero attached hydrogens (tertiary/aromatic N) is 3. The van der Waals surface area contributed by atoms with Crippen LogP contribution in [0.1, 0.15) is 39.2 Å². The molecule has 2 heterocycles. The lowest BCUT2D eigenvalue weighted by Gasteiger charge is -2.36. The van der Waals surface area contributed by atoms with E-state index in [1.165, 1.54) is 21.3 Å². The number of rotatable bonds is 9. The van der Waals surface area contributed by atoms with Crippen molar-refractivity contribution in [3.05, 3.63) is 88.9 Å². The molecule has 0 spiro atoms. The molecule has 0 amide bonds. The number of hydrogen-bond donors (Lipinski definition) is 0. The van der Waals surface area contributed by atoms with Crippen molar-refractivity contribution in [2.75, 3.05) is 31.1 Å². The number of fused-ring (bicyclic) bond motifs is 1. The molecule has 39 heavy (non-hydrogen) atoms. The van der Waals surface area contributed by atoms with Crippen molar-refractivity contribution >= 4 is 22.8 Å². The summed E-state index contributed by atoms with van der Waals surface area (Å²) in [6.07, 6.45) is 1.17. The Morgan fingerprint density at radius 1 is 0.923 bits per heavy atom. The second-order valence-corrected chi connectivity index (χ2v) is 11.1. The Morgan fingerprint density at radius 2 is 1.64 bits per heavy atom. The van der Waals surface area contributed by atoms with Crippen LogP contribution in [0.2, 0.25) is 0 Å². The van der Waals surface area contributed by atoms with Crippen LogP contribution in [-0.2, 0) is 22.8 Å². The van der Waals surface area contributed by atoms with Crippen molar-refractivity contribution < 1.29 is 13.9 Å². The van der Waals surface area contributed by atoms with Crippen LogP contribution in [0, 0.1) is 5.41 Å². The molecule has 0 saturated carbocycles. The third kappa shape index (κ3) is 6.25. The van der Waals surface area contributed by atoms with E-state index in [2.05, 4.69) is 58.3 Å². The average Bonchev–Trinajstić information content (AvgIpc) is 3.27. The van der Waals surface area contributed by atoms with Gasteiger partial charge in [-0.1, -0.05) is 81.8 Å². The van der Waals surface area contributed by atoms with Crippen molar-refractivity contribution in [1.82, 2.24) is 9.47 Å². The molecule has 1 fully saturated rings. The number of para-hydroxylation sites is 1. The Kier molecular flexibility index (Phi) is 7.89. The van der Waals surface area contributed by atoms with Crippen LogP contribution < -0.4 is 10.7 Å². The maximum absolute atomic E-state index is 12.7. The largest absolute Gasteiger partial charge is 0.444 e. The molecule has 0 atom stereocenters. The van der Waals surface area contributed by atoms with Gasteiger partial charge in [0.25, 0.3) is 0 Å². The van der Waals surface area contributed by atoms with Crippen LogP contribution in [0.5, 0.6) is 0 Å². The van der Waals surface area contributed by atoms with E-state index >= 15 is 0 Å². The summed E-state index contributed by atoms with van der Waals surface area (Å²) in [5.41, 5.74) is 5.69. The highest BCUT2D eigenvalue weighted by Gasteiger charge is 2.24. The lowest BCUT2D eigenvalue weighted by atomic mass is 9.87. The fourth-order valence-corrected chi connectivity index (χ4v) is 5.03. The molecule has 0 bridgehead atoms. The lowest BCUT2D eigenvalue weighted by Crippen LogP contribution is -2.46. The highest BCUT2D eigenvalue weighted by Crippen LogP contribution is 2.29. The maximum atomic E-state index is 12.7. The zero-order valence-corrected chi connectivity index (χ0v) is 23.1. The monoisotopic (exact) mass is 527 g/mol. The maximum Gasteiger partial charge on any atom is 0.422 e. The smallest absolute Gasteiger partial charge is 0.422 e. The number of carbonyl (C=O) groups excluding carboxylic acids is 1. The molecular formula is C32H37N3O4. The molecule has 4 aromatic rings. The van der Waals surface area contributed by atoms with Gasteiger partial charge in [0.1, 0.15) is 0 Å². The number of benzene rings is 3. The van der Waals surface area contributed by atoms with Gasteiger partial charge in [-0.2, -0.15) is 0 Å². The molecule has 1 saturated heterocycles. The van der Waals surface area contributed by atoms with Crippen molar-refractivity contribution in [1.29, 1.82) is 0 Å². The molecule has 0 unspecified atom stereocenters. The Hall–Kier alpha value is -3.84. The highest BCUT2D eigenvalue weighted by atomic mass is 16.5. The number of carbonyl (C=O) groups is 1. The Morgan fingerprint density at radius 3 is 2.38 bits per heavy atom. The minimum absolute atomic E-state index is 0.138. The molecule has 0 N–H and O–H groups in total. The Balaban J connectivity index is 1.23. The van der Waals surface area contributed by atoms with Crippen LogP contribution >= 0.6 is 0 Å². The van der Waals surface area contributed by atoms with E-state index in [0.29, 0.717) is 17.5 Å². The summed E-state index contributed by atoms with van der Waals surface area (Å²) < 4.78 is 12.5. The molecule has 1 aromatic heterocycles. The zero-order chi connectivity index (χ0) is 27.4. The zero-order valence-electron chi connectivity index (χ0n) is 23.1. The fourth-order valence-electron chi connectivity index (χ4n) is 5.03. The first kappa shape index (κ1) is 26.8. The molecule has 0 radical (unpaired) electrons. The van der Waals surface area contributed by atoms with Crippen molar-refractivity contribution in [2.45, 2.75) is 46.9 Å². The standard InChI is InChI=1S/C32H37N3O4/c1-4-32(2,3)21-29(36)38-23-35-28-15-9-14-27(30(28)39-31(35)37)34-18-16-33(17-19-34)22-24-10-8-13-26(20-24)25-11-6-5-7-12-25/h5-15,20H,4,16-19,21-23H2,1-3H3. The molecule has 1 aliphatic heterocycles. The topological polar surface area (TPSA) is 67.9 Å². The number of aromatic nitrogens is 1. The van der Waals surface area contributed by atoms with Crippen LogP contribution in [0.15, 0.2) is 82.0 Å². The highest BCUT2D eigenvalue weighted by molar-refractivity contribution is 5.87. The van der Waals surface area contributed by atoms with Crippen molar-refractivity contribution in [3.63, 3.8) is 0 Å². The Labute approximate surface area is 229 Å². The van der Waals surface area contributed by atoms with E-state index in [4.69, 9.17) is 9.15 Å². The summed E-state index contributed by atoms with van der Waals surface area (Å²) in [5, 5.41) is 0. The number of esters is 1. The van der Waals surface area contributed by atoms with Crippen molar-refractivity contribution in [3.8, 4) is 11.1 Å². The number of anilines is 1. The van der Waals surface area contributed by atoms with Gasteiger partial charge in [-0.05, 0) is 40.3 Å². The first-order valence-electron chi connectivity index (χ1n) is 13.7. The molecule has 5 rings (SSSR count). The molecule has 7 nitrogen and oxygen atoms in total. The number of ether oxygens (including phenoxy) is 1. The molecular weight excluding hydrogens is 490 g/mol. The van der Waals surface area contributed by atoms with Crippen LogP contribution in [-0.4, -0.2) is 41.6 Å². The van der Waals surface area contributed by atoms with E-state index in [1.54, 1.807) is 0 Å². The average molecular weight is 528 g/mol. The van der Waals surface area contributed by atoms with Crippen LogP contribution in [0.4, 0.5) is 5.69 Å². The van der Waals surface area contributed by atoms with E-state index in [9.17, 15) is 9.59 Å². The number of oxazole rings is 1. The Bertz CT molecular complexity index is 1480. The van der Waals surface area contributed by atoms with Crippen LogP contribution in [0.3, 0.4) is 0 Å². The van der Waals surface area contributed by atoms with Gasteiger partial charge < -0.3 is 14.1 Å². The van der Waals surface area contributed by atoms with E-state index in [0.717, 1.165) is 44.8 Å². The third-order valence-corrected chi connectivity index (χ3v) is 7.76. The SMILES string of the molecule is CCC(C)(C)CC(=O)OCn1c(=O)oc2c(N3CCN(Cc4cccc(-c5ccccc5)c4)CC3)cccc21. The van der Waals surface area contributed by atoms with E-state index in [-0.39, 0.29) is 18.1 Å². The van der Waals surface area contributed by atoms with Gasteiger partial charge in [-0.15, -0.1) is 0 Å². The predicted octanol–water partition coefficient (Wildman–Crippen LogP) is 5.91. The van der Waals surface area contributed by atoms with E-state index in [1.807, 2.05) is 45.0 Å². The first-order chi connectivity index (χ1) is 18.8. The number of hydrogen-bond acceptors (Lipinski definition) is 6. The first-order valence-corrected chi connectivity index (χ1v) is 13.7. The summed E-state index contributed by atoms with van der Waals surface area (Å²) in [6.45, 7) is 10.3. The second kappa shape index (κ2) is 11.5. The van der Waals surface area contributed by atoms with Gasteiger partial charge in [-0.25, -0.2) is 9.36 Å². The molecule has 3 aromatic carbocycles. The molecule has 204 valence electrons. The van der Waals surface area contributed by atoms with Gasteiger partial charge in [0.05, 0.1) is 17.6 Å². The summed E-state index contributed by atoms with van der Waals surface area (Å²) in [5.74, 6) is -0.832. The van der Waals surface area contributed by atoms with Gasteiger partial charge in [0, 0.05) is 32.7 Å². The second-order valence-electron chi connectivity index (χ2n) is 11.1. The fraction of sp³-hybridized carbons (Fsp3) is 0.375. The van der Waals surface area contributed by atoms with Gasteiger partial charge in [-0.3, -0.25) is 9.69 Å². The van der Waals surface area contributed by atoms with Crippen molar-refractivity contribution in [2.24, 2.45) is 5.41 Å². The summed E-state index contributed by atoms with van der Waals surface area (Å²) in [6, 6.07) is 25.0. The molecule has 1 aliphatic rings. The summed E-state index contributed by atoms with van der Waals surface area (Å²) >= 11 is 0. The lowest BCUT2D eigenvalue weighted by molar-refractivity contribution is -0.149. The molecule has 7 heteroatoms. The number of piperazine rings is 1. The summed E-state index contributed by atoms with van der Waals surface area (Å²) in [7, 11) is 0. The van der Waals surface area contributed by atoms with Gasteiger partial charge in [0.15, 0.2) is 12.3 Å². The molecule has 0 aliphatic carbocycles. The van der Waals surface area contributed by atoms with Gasteiger partial charge >= 0.3 is 11.7 Å². The van der Waals surface area contributed by atoms with Crippen LogP contribution in [0.25, 0.3) is 22.2 Å². The predicted molar refractivity (Wildman–Crippen MR) is 155 cm³/mol. The van der Waals surface area contributed by atoms with Gasteiger partial charge in [0.2, 0.25) is 0 Å². The normalized spacial score (nSPS) is 14.6. The minimum Gasteiger partial charge on any atom is -0.444 e. The van der Waals surface area contributed by atoms with E-state index < -0.39 is 5.76 Å². The third-order valence-electron chi connectivity index (χ3n) is 7.76. The summed E-state index contributed by atoms with van der Waals surface area (Å²) in [4.78, 5) is 29.8.